The Balaban J connectivity index is 1.76. The first-order valence-corrected chi connectivity index (χ1v) is 6.30. The van der Waals surface area contributed by atoms with Gasteiger partial charge in [0, 0.05) is 0 Å². The van der Waals surface area contributed by atoms with Gasteiger partial charge >= 0.3 is 5.97 Å². The summed E-state index contributed by atoms with van der Waals surface area (Å²) in [6.07, 6.45) is 0.726. The van der Waals surface area contributed by atoms with E-state index < -0.39 is 5.97 Å². The number of rotatable bonds is 4. The highest BCUT2D eigenvalue weighted by Gasteiger charge is 2.44. The maximum absolute atomic E-state index is 10.9. The third kappa shape index (κ3) is 2.60. The van der Waals surface area contributed by atoms with E-state index in [-0.39, 0.29) is 11.8 Å². The van der Waals surface area contributed by atoms with Crippen LogP contribution in [-0.4, -0.2) is 11.1 Å². The van der Waals surface area contributed by atoms with Gasteiger partial charge in [-0.3, -0.25) is 4.79 Å². The van der Waals surface area contributed by atoms with Crippen molar-refractivity contribution in [3.8, 4) is 11.5 Å². The molecule has 1 N–H and O–H groups in total. The number of hydrogen-bond donors (Lipinski definition) is 1. The van der Waals surface area contributed by atoms with Gasteiger partial charge in [-0.15, -0.1) is 0 Å². The molecule has 0 radical (unpaired) electrons. The number of ether oxygens (including phenoxy) is 1. The van der Waals surface area contributed by atoms with Gasteiger partial charge in [0.25, 0.3) is 0 Å². The molecule has 0 spiro atoms. The lowest BCUT2D eigenvalue weighted by molar-refractivity contribution is -0.138. The van der Waals surface area contributed by atoms with Gasteiger partial charge in [0.05, 0.1) is 5.92 Å². The summed E-state index contributed by atoms with van der Waals surface area (Å²) in [4.78, 5) is 10.9. The summed E-state index contributed by atoms with van der Waals surface area (Å²) in [6, 6.07) is 17.2. The summed E-state index contributed by atoms with van der Waals surface area (Å²) in [6.45, 7) is 0. The molecule has 2 aromatic rings. The van der Waals surface area contributed by atoms with Crippen LogP contribution in [0.4, 0.5) is 0 Å². The lowest BCUT2D eigenvalue weighted by Gasteiger charge is -2.07. The number of benzene rings is 2. The molecule has 0 bridgehead atoms. The van der Waals surface area contributed by atoms with Crippen LogP contribution in [0.3, 0.4) is 0 Å². The Morgan fingerprint density at radius 3 is 2.47 bits per heavy atom. The molecule has 1 aliphatic carbocycles. The molecule has 96 valence electrons. The van der Waals surface area contributed by atoms with Crippen LogP contribution in [-0.2, 0) is 4.79 Å². The lowest BCUT2D eigenvalue weighted by Crippen LogP contribution is -1.98. The van der Waals surface area contributed by atoms with Crippen LogP contribution in [0.15, 0.2) is 54.6 Å². The van der Waals surface area contributed by atoms with Crippen LogP contribution in [0.1, 0.15) is 17.9 Å². The van der Waals surface area contributed by atoms with Crippen molar-refractivity contribution in [2.24, 2.45) is 5.92 Å². The Hall–Kier alpha value is -2.29. The molecule has 0 amide bonds. The second kappa shape index (κ2) is 4.76. The van der Waals surface area contributed by atoms with E-state index in [4.69, 9.17) is 9.84 Å². The fourth-order valence-corrected chi connectivity index (χ4v) is 2.27. The molecule has 2 aromatic carbocycles. The number of carbonyl (C=O) groups is 1. The lowest BCUT2D eigenvalue weighted by atomic mass is 10.1. The molecule has 2 atom stereocenters. The van der Waals surface area contributed by atoms with E-state index in [2.05, 4.69) is 0 Å². The minimum atomic E-state index is -0.709. The molecular formula is C16H14O3. The Morgan fingerprint density at radius 2 is 1.79 bits per heavy atom. The molecule has 3 nitrogen and oxygen atoms in total. The van der Waals surface area contributed by atoms with Crippen LogP contribution in [0.25, 0.3) is 0 Å². The van der Waals surface area contributed by atoms with E-state index in [9.17, 15) is 4.79 Å². The number of carboxylic acid groups (broad SMARTS) is 1. The van der Waals surface area contributed by atoms with E-state index >= 15 is 0 Å². The Labute approximate surface area is 111 Å². The van der Waals surface area contributed by atoms with Crippen molar-refractivity contribution in [3.05, 3.63) is 60.2 Å². The van der Waals surface area contributed by atoms with Gasteiger partial charge in [-0.25, -0.2) is 0 Å². The van der Waals surface area contributed by atoms with E-state index in [1.807, 2.05) is 54.6 Å². The van der Waals surface area contributed by atoms with Crippen molar-refractivity contribution >= 4 is 5.97 Å². The normalized spacial score (nSPS) is 20.8. The predicted molar refractivity (Wildman–Crippen MR) is 71.4 cm³/mol. The maximum atomic E-state index is 10.9. The second-order valence-corrected chi connectivity index (χ2v) is 4.77. The van der Waals surface area contributed by atoms with Crippen LogP contribution < -0.4 is 4.74 Å². The van der Waals surface area contributed by atoms with Crippen LogP contribution in [0.5, 0.6) is 11.5 Å². The van der Waals surface area contributed by atoms with Crippen molar-refractivity contribution in [3.63, 3.8) is 0 Å². The van der Waals surface area contributed by atoms with Gasteiger partial charge < -0.3 is 9.84 Å². The van der Waals surface area contributed by atoms with Gasteiger partial charge in [-0.05, 0) is 42.2 Å². The van der Waals surface area contributed by atoms with Gasteiger partial charge in [0.2, 0.25) is 0 Å². The summed E-state index contributed by atoms with van der Waals surface area (Å²) in [5.41, 5.74) is 1.04. The van der Waals surface area contributed by atoms with Gasteiger partial charge in [0.1, 0.15) is 11.5 Å². The smallest absolute Gasteiger partial charge is 0.307 e. The number of carboxylic acids is 1. The highest BCUT2D eigenvalue weighted by atomic mass is 16.5. The van der Waals surface area contributed by atoms with Crippen molar-refractivity contribution in [1.82, 2.24) is 0 Å². The van der Waals surface area contributed by atoms with Crippen molar-refractivity contribution < 1.29 is 14.6 Å². The zero-order valence-electron chi connectivity index (χ0n) is 10.3. The number of hydrogen-bond acceptors (Lipinski definition) is 2. The first kappa shape index (κ1) is 11.8. The van der Waals surface area contributed by atoms with Gasteiger partial charge in [-0.2, -0.15) is 0 Å². The van der Waals surface area contributed by atoms with Crippen molar-refractivity contribution in [2.75, 3.05) is 0 Å². The third-order valence-electron chi connectivity index (χ3n) is 3.37. The second-order valence-electron chi connectivity index (χ2n) is 4.77. The molecule has 19 heavy (non-hydrogen) atoms. The summed E-state index contributed by atoms with van der Waals surface area (Å²) in [7, 11) is 0. The third-order valence-corrected chi connectivity index (χ3v) is 3.37. The van der Waals surface area contributed by atoms with Crippen LogP contribution in [0.2, 0.25) is 0 Å². The predicted octanol–water partition coefficient (Wildman–Crippen LogP) is 3.67. The monoisotopic (exact) mass is 254 g/mol. The zero-order valence-corrected chi connectivity index (χ0v) is 10.3. The number of aliphatic carboxylic acids is 1. The minimum absolute atomic E-state index is 0.136. The number of para-hydroxylation sites is 1. The molecular weight excluding hydrogens is 240 g/mol. The van der Waals surface area contributed by atoms with Gasteiger partial charge in [0.15, 0.2) is 0 Å². The molecule has 1 saturated carbocycles. The zero-order chi connectivity index (χ0) is 13.2. The topological polar surface area (TPSA) is 46.5 Å². The Kier molecular flexibility index (Phi) is 2.95. The molecule has 1 aliphatic rings. The standard InChI is InChI=1S/C16H14O3/c17-16(18)15-10-14(15)11-5-4-8-13(9-11)19-12-6-2-1-3-7-12/h1-9,14-15H,10H2,(H,17,18)/t14-,15+/m0/s1. The molecule has 0 aromatic heterocycles. The van der Waals surface area contributed by atoms with Crippen molar-refractivity contribution in [2.45, 2.75) is 12.3 Å². The summed E-state index contributed by atoms with van der Waals surface area (Å²) < 4.78 is 5.75. The highest BCUT2D eigenvalue weighted by molar-refractivity contribution is 5.75. The van der Waals surface area contributed by atoms with E-state index in [0.717, 1.165) is 23.5 Å². The Bertz CT molecular complexity index is 592. The largest absolute Gasteiger partial charge is 0.481 e. The minimum Gasteiger partial charge on any atom is -0.481 e. The SMILES string of the molecule is O=C(O)[C@@H]1C[C@H]1c1cccc(Oc2ccccc2)c1. The van der Waals surface area contributed by atoms with E-state index in [0.29, 0.717) is 0 Å². The van der Waals surface area contributed by atoms with E-state index in [1.165, 1.54) is 0 Å². The fraction of sp³-hybridized carbons (Fsp3) is 0.188. The highest BCUT2D eigenvalue weighted by Crippen LogP contribution is 2.48. The molecule has 0 unspecified atom stereocenters. The summed E-state index contributed by atoms with van der Waals surface area (Å²) in [5.74, 6) is 0.730. The molecule has 0 saturated heterocycles. The first-order chi connectivity index (χ1) is 9.24. The van der Waals surface area contributed by atoms with Crippen molar-refractivity contribution in [1.29, 1.82) is 0 Å². The quantitative estimate of drug-likeness (QED) is 0.905. The molecule has 1 fully saturated rings. The molecule has 0 heterocycles. The molecule has 3 rings (SSSR count). The van der Waals surface area contributed by atoms with Gasteiger partial charge in [-0.1, -0.05) is 30.3 Å². The maximum Gasteiger partial charge on any atom is 0.307 e. The average molecular weight is 254 g/mol. The average Bonchev–Trinajstić information content (AvgIpc) is 3.20. The van der Waals surface area contributed by atoms with Crippen LogP contribution >= 0.6 is 0 Å². The summed E-state index contributed by atoms with van der Waals surface area (Å²) in [5, 5.41) is 8.96. The molecule has 0 aliphatic heterocycles. The first-order valence-electron chi connectivity index (χ1n) is 6.30. The Morgan fingerprint density at radius 1 is 1.05 bits per heavy atom. The van der Waals surface area contributed by atoms with Crippen LogP contribution in [0, 0.1) is 5.92 Å². The van der Waals surface area contributed by atoms with E-state index in [1.54, 1.807) is 0 Å². The molecule has 3 heteroatoms. The summed E-state index contributed by atoms with van der Waals surface area (Å²) >= 11 is 0. The fourth-order valence-electron chi connectivity index (χ4n) is 2.27.